The molecular weight excluding hydrogens is 392 g/mol. The van der Waals surface area contributed by atoms with Crippen molar-refractivity contribution in [3.8, 4) is 11.5 Å². The topological polar surface area (TPSA) is 117 Å². The van der Waals surface area contributed by atoms with Gasteiger partial charge in [0.15, 0.2) is 18.1 Å². The molecule has 0 saturated heterocycles. The fraction of sp³-hybridized carbons (Fsp3) is 0.333. The standard InChI is InChI=1S/C21H20N2O7/c1-13-10-14(4-6-16(13)23(26)27)20(25)28-12-19(24)22-15-5-7-17-18(11-15)30-21(29-17)8-2-3-9-21/h4-7,10-11H,2-3,8-9,12H2,1H3,(H,22,24). The van der Waals surface area contributed by atoms with Crippen LogP contribution in [0.1, 0.15) is 41.6 Å². The number of nitro groups is 1. The number of hydrogen-bond donors (Lipinski definition) is 1. The molecule has 2 aromatic carbocycles. The van der Waals surface area contributed by atoms with Crippen molar-refractivity contribution in [2.45, 2.75) is 38.4 Å². The Balaban J connectivity index is 1.33. The number of carbonyl (C=O) groups excluding carboxylic acids is 2. The van der Waals surface area contributed by atoms with Crippen LogP contribution in [-0.2, 0) is 9.53 Å². The van der Waals surface area contributed by atoms with Crippen LogP contribution in [0.5, 0.6) is 11.5 Å². The van der Waals surface area contributed by atoms with Crippen LogP contribution in [0.2, 0.25) is 0 Å². The molecule has 1 saturated carbocycles. The van der Waals surface area contributed by atoms with Crippen molar-refractivity contribution in [2.75, 3.05) is 11.9 Å². The van der Waals surface area contributed by atoms with Gasteiger partial charge in [0.05, 0.1) is 10.5 Å². The molecule has 2 aromatic rings. The van der Waals surface area contributed by atoms with Crippen LogP contribution in [0, 0.1) is 17.0 Å². The zero-order valence-corrected chi connectivity index (χ0v) is 16.3. The minimum absolute atomic E-state index is 0.0912. The van der Waals surface area contributed by atoms with Gasteiger partial charge in [-0.2, -0.15) is 0 Å². The Morgan fingerprint density at radius 2 is 1.87 bits per heavy atom. The molecule has 30 heavy (non-hydrogen) atoms. The second-order valence-electron chi connectivity index (χ2n) is 7.37. The molecule has 1 aliphatic carbocycles. The fourth-order valence-electron chi connectivity index (χ4n) is 3.69. The summed E-state index contributed by atoms with van der Waals surface area (Å²) < 4.78 is 16.9. The van der Waals surface area contributed by atoms with E-state index in [4.69, 9.17) is 14.2 Å². The maximum Gasteiger partial charge on any atom is 0.338 e. The molecule has 1 spiro atoms. The van der Waals surface area contributed by atoms with Crippen LogP contribution in [0.3, 0.4) is 0 Å². The molecule has 9 heteroatoms. The zero-order valence-electron chi connectivity index (χ0n) is 16.3. The summed E-state index contributed by atoms with van der Waals surface area (Å²) in [6.07, 6.45) is 3.78. The van der Waals surface area contributed by atoms with E-state index in [2.05, 4.69) is 5.32 Å². The van der Waals surface area contributed by atoms with Gasteiger partial charge in [0, 0.05) is 36.2 Å². The first-order valence-electron chi connectivity index (χ1n) is 9.59. The highest BCUT2D eigenvalue weighted by molar-refractivity contribution is 5.95. The van der Waals surface area contributed by atoms with Crippen molar-refractivity contribution in [1.29, 1.82) is 0 Å². The quantitative estimate of drug-likeness (QED) is 0.452. The highest BCUT2D eigenvalue weighted by Gasteiger charge is 2.44. The summed E-state index contributed by atoms with van der Waals surface area (Å²) in [5.41, 5.74) is 0.876. The van der Waals surface area contributed by atoms with Crippen molar-refractivity contribution in [3.05, 3.63) is 57.6 Å². The van der Waals surface area contributed by atoms with Gasteiger partial charge in [0.1, 0.15) is 0 Å². The van der Waals surface area contributed by atoms with Gasteiger partial charge in [-0.15, -0.1) is 0 Å². The van der Waals surface area contributed by atoms with Gasteiger partial charge in [0.25, 0.3) is 17.4 Å². The Morgan fingerprint density at radius 1 is 1.13 bits per heavy atom. The Hall–Kier alpha value is -3.62. The van der Waals surface area contributed by atoms with E-state index in [1.807, 2.05) is 0 Å². The van der Waals surface area contributed by atoms with Gasteiger partial charge in [-0.25, -0.2) is 4.79 Å². The predicted octanol–water partition coefficient (Wildman–Crippen LogP) is 3.74. The second kappa shape index (κ2) is 7.66. The fourth-order valence-corrected chi connectivity index (χ4v) is 3.69. The van der Waals surface area contributed by atoms with E-state index in [0.29, 0.717) is 22.7 Å². The SMILES string of the molecule is Cc1cc(C(=O)OCC(=O)Nc2ccc3c(c2)OC2(CCCC2)O3)ccc1[N+](=O)[O-]. The van der Waals surface area contributed by atoms with Crippen LogP contribution in [0.4, 0.5) is 11.4 Å². The average Bonchev–Trinajstić information content (AvgIpc) is 3.31. The normalized spacial score (nSPS) is 15.8. The smallest absolute Gasteiger partial charge is 0.338 e. The van der Waals surface area contributed by atoms with Crippen molar-refractivity contribution >= 4 is 23.3 Å². The summed E-state index contributed by atoms with van der Waals surface area (Å²) in [6, 6.07) is 8.99. The molecule has 1 amide bonds. The summed E-state index contributed by atoms with van der Waals surface area (Å²) in [5.74, 6) is -0.611. The van der Waals surface area contributed by atoms with E-state index in [-0.39, 0.29) is 11.3 Å². The van der Waals surface area contributed by atoms with Crippen LogP contribution in [-0.4, -0.2) is 29.2 Å². The maximum absolute atomic E-state index is 12.2. The number of ether oxygens (including phenoxy) is 3. The number of nitro benzene ring substituents is 1. The summed E-state index contributed by atoms with van der Waals surface area (Å²) >= 11 is 0. The summed E-state index contributed by atoms with van der Waals surface area (Å²) in [6.45, 7) is 1.03. The first-order valence-corrected chi connectivity index (χ1v) is 9.59. The van der Waals surface area contributed by atoms with E-state index >= 15 is 0 Å². The number of amides is 1. The molecule has 1 heterocycles. The number of esters is 1. The first-order chi connectivity index (χ1) is 14.3. The van der Waals surface area contributed by atoms with E-state index < -0.39 is 29.2 Å². The molecular formula is C21H20N2O7. The molecule has 1 aliphatic heterocycles. The third-order valence-corrected chi connectivity index (χ3v) is 5.15. The first kappa shape index (κ1) is 19.7. The molecule has 1 fully saturated rings. The third-order valence-electron chi connectivity index (χ3n) is 5.15. The molecule has 0 aromatic heterocycles. The Kier molecular flexibility index (Phi) is 5.03. The van der Waals surface area contributed by atoms with Crippen LogP contribution in [0.25, 0.3) is 0 Å². The van der Waals surface area contributed by atoms with E-state index in [0.717, 1.165) is 25.7 Å². The molecule has 0 radical (unpaired) electrons. The maximum atomic E-state index is 12.2. The lowest BCUT2D eigenvalue weighted by molar-refractivity contribution is -0.385. The lowest BCUT2D eigenvalue weighted by atomic mass is 10.1. The van der Waals surface area contributed by atoms with E-state index in [1.54, 1.807) is 18.2 Å². The highest BCUT2D eigenvalue weighted by atomic mass is 16.7. The summed E-state index contributed by atoms with van der Waals surface area (Å²) in [7, 11) is 0. The van der Waals surface area contributed by atoms with Crippen LogP contribution in [0.15, 0.2) is 36.4 Å². The Bertz CT molecular complexity index is 1030. The molecule has 4 rings (SSSR count). The number of anilines is 1. The Labute approximate surface area is 172 Å². The third kappa shape index (κ3) is 3.91. The van der Waals surface area contributed by atoms with Crippen molar-refractivity contribution < 1.29 is 28.7 Å². The summed E-state index contributed by atoms with van der Waals surface area (Å²) in [4.78, 5) is 34.6. The lowest BCUT2D eigenvalue weighted by Crippen LogP contribution is -2.34. The lowest BCUT2D eigenvalue weighted by Gasteiger charge is -2.21. The van der Waals surface area contributed by atoms with Gasteiger partial charge in [-0.3, -0.25) is 14.9 Å². The number of aryl methyl sites for hydroxylation is 1. The number of hydrogen-bond acceptors (Lipinski definition) is 7. The summed E-state index contributed by atoms with van der Waals surface area (Å²) in [5, 5.41) is 13.5. The Morgan fingerprint density at radius 3 is 2.57 bits per heavy atom. The van der Waals surface area contributed by atoms with Crippen LogP contribution < -0.4 is 14.8 Å². The molecule has 1 N–H and O–H groups in total. The number of nitrogens with one attached hydrogen (secondary N) is 1. The highest BCUT2D eigenvalue weighted by Crippen LogP contribution is 2.47. The van der Waals surface area contributed by atoms with Gasteiger partial charge >= 0.3 is 5.97 Å². The number of nitrogens with zero attached hydrogens (tertiary/aromatic N) is 1. The van der Waals surface area contributed by atoms with Crippen LogP contribution >= 0.6 is 0 Å². The van der Waals surface area contributed by atoms with Gasteiger partial charge < -0.3 is 19.5 Å². The molecule has 0 atom stereocenters. The largest absolute Gasteiger partial charge is 0.452 e. The van der Waals surface area contributed by atoms with Gasteiger partial charge in [0.2, 0.25) is 0 Å². The second-order valence-corrected chi connectivity index (χ2v) is 7.37. The van der Waals surface area contributed by atoms with E-state index in [1.165, 1.54) is 25.1 Å². The van der Waals surface area contributed by atoms with Gasteiger partial charge in [-0.1, -0.05) is 0 Å². The number of fused-ring (bicyclic) bond motifs is 1. The molecule has 156 valence electrons. The average molecular weight is 412 g/mol. The molecule has 0 unspecified atom stereocenters. The monoisotopic (exact) mass is 412 g/mol. The van der Waals surface area contributed by atoms with Crippen molar-refractivity contribution in [2.24, 2.45) is 0 Å². The zero-order chi connectivity index (χ0) is 21.3. The predicted molar refractivity (Wildman–Crippen MR) is 106 cm³/mol. The molecule has 2 aliphatic rings. The van der Waals surface area contributed by atoms with E-state index in [9.17, 15) is 19.7 Å². The van der Waals surface area contributed by atoms with Crippen molar-refractivity contribution in [3.63, 3.8) is 0 Å². The van der Waals surface area contributed by atoms with Gasteiger partial charge in [-0.05, 0) is 44.0 Å². The minimum atomic E-state index is -0.739. The number of carbonyl (C=O) groups is 2. The number of rotatable bonds is 5. The van der Waals surface area contributed by atoms with Crippen molar-refractivity contribution in [1.82, 2.24) is 0 Å². The number of benzene rings is 2. The minimum Gasteiger partial charge on any atom is -0.452 e. The molecule has 9 nitrogen and oxygen atoms in total. The molecule has 0 bridgehead atoms.